The predicted molar refractivity (Wildman–Crippen MR) is 73.2 cm³/mol. The van der Waals surface area contributed by atoms with Gasteiger partial charge in [-0.15, -0.1) is 0 Å². The van der Waals surface area contributed by atoms with E-state index in [4.69, 9.17) is 14.6 Å². The highest BCUT2D eigenvalue weighted by Crippen LogP contribution is 2.36. The smallest absolute Gasteiger partial charge is 0.265 e. The van der Waals surface area contributed by atoms with Gasteiger partial charge in [0.2, 0.25) is 0 Å². The standard InChI is InChI=1S/C14H14F2N2O3/c15-13(16)10(19)7-18-14-9-6-12-11(20-3-4-21-12)5-8(9)1-2-17-14/h1-2,5-6,10,13,19H,3-4,7H2,(H,17,18). The van der Waals surface area contributed by atoms with Crippen molar-refractivity contribution in [3.63, 3.8) is 0 Å². The van der Waals surface area contributed by atoms with Crippen LogP contribution in [0.2, 0.25) is 0 Å². The molecule has 2 heterocycles. The molecule has 5 nitrogen and oxygen atoms in total. The number of aromatic nitrogens is 1. The number of nitrogens with one attached hydrogen (secondary N) is 1. The third-order valence-electron chi connectivity index (χ3n) is 3.20. The summed E-state index contributed by atoms with van der Waals surface area (Å²) in [6.45, 7) is 0.680. The molecule has 21 heavy (non-hydrogen) atoms. The minimum absolute atomic E-state index is 0.280. The van der Waals surface area contributed by atoms with E-state index in [-0.39, 0.29) is 6.54 Å². The molecule has 1 aliphatic heterocycles. The number of nitrogens with zero attached hydrogens (tertiary/aromatic N) is 1. The Balaban J connectivity index is 1.91. The van der Waals surface area contributed by atoms with E-state index >= 15 is 0 Å². The Morgan fingerprint density at radius 3 is 2.67 bits per heavy atom. The average molecular weight is 296 g/mol. The molecule has 0 spiro atoms. The quantitative estimate of drug-likeness (QED) is 0.904. The minimum atomic E-state index is -2.79. The van der Waals surface area contributed by atoms with Crippen LogP contribution in [-0.2, 0) is 0 Å². The van der Waals surface area contributed by atoms with Gasteiger partial charge in [0, 0.05) is 18.1 Å². The Labute approximate surface area is 119 Å². The first-order valence-electron chi connectivity index (χ1n) is 6.53. The SMILES string of the molecule is OC(CNc1nccc2cc3c(cc12)OCCO3)C(F)F. The maximum atomic E-state index is 12.3. The highest BCUT2D eigenvalue weighted by atomic mass is 19.3. The number of hydrogen-bond donors (Lipinski definition) is 2. The van der Waals surface area contributed by atoms with Crippen LogP contribution in [0.4, 0.5) is 14.6 Å². The molecule has 1 unspecified atom stereocenters. The summed E-state index contributed by atoms with van der Waals surface area (Å²) < 4.78 is 35.6. The summed E-state index contributed by atoms with van der Waals surface area (Å²) in [4.78, 5) is 4.12. The molecule has 0 aliphatic carbocycles. The third kappa shape index (κ3) is 2.82. The summed E-state index contributed by atoms with van der Waals surface area (Å²) in [6.07, 6.45) is -2.97. The second kappa shape index (κ2) is 5.69. The van der Waals surface area contributed by atoms with E-state index < -0.39 is 12.5 Å². The van der Waals surface area contributed by atoms with Crippen molar-refractivity contribution in [2.75, 3.05) is 25.1 Å². The summed E-state index contributed by atoms with van der Waals surface area (Å²) in [6, 6.07) is 5.37. The molecule has 2 N–H and O–H groups in total. The minimum Gasteiger partial charge on any atom is -0.486 e. The molecule has 7 heteroatoms. The zero-order valence-electron chi connectivity index (χ0n) is 11.1. The molecule has 2 aromatic rings. The van der Waals surface area contributed by atoms with Gasteiger partial charge in [-0.1, -0.05) is 0 Å². The van der Waals surface area contributed by atoms with Crippen molar-refractivity contribution in [2.24, 2.45) is 0 Å². The van der Waals surface area contributed by atoms with Gasteiger partial charge in [0.05, 0.1) is 0 Å². The summed E-state index contributed by atoms with van der Waals surface area (Å²) in [5.74, 6) is 1.67. The topological polar surface area (TPSA) is 63.6 Å². The first kappa shape index (κ1) is 13.8. The van der Waals surface area contributed by atoms with Crippen LogP contribution in [0.3, 0.4) is 0 Å². The first-order chi connectivity index (χ1) is 10.1. The fourth-order valence-electron chi connectivity index (χ4n) is 2.14. The van der Waals surface area contributed by atoms with E-state index in [2.05, 4.69) is 10.3 Å². The van der Waals surface area contributed by atoms with E-state index in [1.807, 2.05) is 6.07 Å². The zero-order valence-corrected chi connectivity index (χ0v) is 11.1. The average Bonchev–Trinajstić information content (AvgIpc) is 2.50. The fourth-order valence-corrected chi connectivity index (χ4v) is 2.14. The van der Waals surface area contributed by atoms with Crippen LogP contribution in [0.1, 0.15) is 0 Å². The van der Waals surface area contributed by atoms with Gasteiger partial charge in [-0.25, -0.2) is 13.8 Å². The van der Waals surface area contributed by atoms with Gasteiger partial charge >= 0.3 is 0 Å². The Kier molecular flexibility index (Phi) is 3.74. The number of rotatable bonds is 4. The van der Waals surface area contributed by atoms with Crippen LogP contribution in [0.25, 0.3) is 10.8 Å². The number of benzene rings is 1. The van der Waals surface area contributed by atoms with Crippen LogP contribution in [-0.4, -0.2) is 42.4 Å². The number of aliphatic hydroxyl groups is 1. The number of ether oxygens (including phenoxy) is 2. The largest absolute Gasteiger partial charge is 0.486 e. The Morgan fingerprint density at radius 1 is 1.24 bits per heavy atom. The lowest BCUT2D eigenvalue weighted by atomic mass is 10.1. The molecule has 1 aromatic carbocycles. The summed E-state index contributed by atoms with van der Waals surface area (Å²) >= 11 is 0. The normalized spacial score (nSPS) is 15.2. The zero-order chi connectivity index (χ0) is 14.8. The molecule has 0 amide bonds. The van der Waals surface area contributed by atoms with Gasteiger partial charge in [0.1, 0.15) is 25.1 Å². The number of aliphatic hydroxyl groups excluding tert-OH is 1. The van der Waals surface area contributed by atoms with Crippen molar-refractivity contribution >= 4 is 16.6 Å². The second-order valence-electron chi connectivity index (χ2n) is 4.66. The Hall–Kier alpha value is -2.15. The highest BCUT2D eigenvalue weighted by Gasteiger charge is 2.18. The molecule has 1 aliphatic rings. The van der Waals surface area contributed by atoms with Crippen molar-refractivity contribution in [2.45, 2.75) is 12.5 Å². The number of fused-ring (bicyclic) bond motifs is 2. The second-order valence-corrected chi connectivity index (χ2v) is 4.66. The molecule has 1 aromatic heterocycles. The summed E-state index contributed by atoms with van der Waals surface area (Å²) in [5, 5.41) is 13.5. The van der Waals surface area contributed by atoms with Crippen LogP contribution >= 0.6 is 0 Å². The van der Waals surface area contributed by atoms with Crippen LogP contribution in [0.15, 0.2) is 24.4 Å². The first-order valence-corrected chi connectivity index (χ1v) is 6.53. The van der Waals surface area contributed by atoms with E-state index in [9.17, 15) is 8.78 Å². The maximum absolute atomic E-state index is 12.3. The van der Waals surface area contributed by atoms with Crippen molar-refractivity contribution in [3.05, 3.63) is 24.4 Å². The molecule has 0 bridgehead atoms. The monoisotopic (exact) mass is 296 g/mol. The summed E-state index contributed by atoms with van der Waals surface area (Å²) in [7, 11) is 0. The van der Waals surface area contributed by atoms with Gasteiger partial charge in [-0.3, -0.25) is 0 Å². The van der Waals surface area contributed by atoms with Crippen molar-refractivity contribution in [3.8, 4) is 11.5 Å². The van der Waals surface area contributed by atoms with E-state index in [1.165, 1.54) is 0 Å². The number of anilines is 1. The molecular formula is C14H14F2N2O3. The summed E-state index contributed by atoms with van der Waals surface area (Å²) in [5.41, 5.74) is 0. The van der Waals surface area contributed by atoms with Crippen molar-refractivity contribution in [1.82, 2.24) is 4.98 Å². The number of pyridine rings is 1. The molecule has 3 rings (SSSR count). The Bertz CT molecular complexity index is 651. The van der Waals surface area contributed by atoms with Crippen LogP contribution in [0.5, 0.6) is 11.5 Å². The van der Waals surface area contributed by atoms with Crippen LogP contribution in [0, 0.1) is 0 Å². The number of halogens is 2. The Morgan fingerprint density at radius 2 is 1.95 bits per heavy atom. The molecule has 1 atom stereocenters. The number of alkyl halides is 2. The van der Waals surface area contributed by atoms with Gasteiger partial charge in [-0.2, -0.15) is 0 Å². The van der Waals surface area contributed by atoms with Gasteiger partial charge in [0.15, 0.2) is 11.5 Å². The lowest BCUT2D eigenvalue weighted by Gasteiger charge is -2.20. The van der Waals surface area contributed by atoms with E-state index in [1.54, 1.807) is 18.3 Å². The lowest BCUT2D eigenvalue weighted by Crippen LogP contribution is -2.27. The highest BCUT2D eigenvalue weighted by molar-refractivity contribution is 5.94. The maximum Gasteiger partial charge on any atom is 0.265 e. The van der Waals surface area contributed by atoms with Crippen LogP contribution < -0.4 is 14.8 Å². The predicted octanol–water partition coefficient (Wildman–Crippen LogP) is 2.04. The molecule has 0 saturated heterocycles. The van der Waals surface area contributed by atoms with Gasteiger partial charge in [-0.05, 0) is 23.6 Å². The van der Waals surface area contributed by atoms with Crippen molar-refractivity contribution < 1.29 is 23.4 Å². The van der Waals surface area contributed by atoms with Gasteiger partial charge < -0.3 is 19.9 Å². The fraction of sp³-hybridized carbons (Fsp3) is 0.357. The van der Waals surface area contributed by atoms with E-state index in [0.717, 1.165) is 10.8 Å². The number of hydrogen-bond acceptors (Lipinski definition) is 5. The van der Waals surface area contributed by atoms with E-state index in [0.29, 0.717) is 30.5 Å². The third-order valence-corrected chi connectivity index (χ3v) is 3.20. The molecule has 112 valence electrons. The molecular weight excluding hydrogens is 282 g/mol. The van der Waals surface area contributed by atoms with Crippen molar-refractivity contribution in [1.29, 1.82) is 0 Å². The lowest BCUT2D eigenvalue weighted by molar-refractivity contribution is 0.00382. The molecule has 0 radical (unpaired) electrons. The molecule has 0 fully saturated rings. The molecule has 0 saturated carbocycles. The van der Waals surface area contributed by atoms with Gasteiger partial charge in [0.25, 0.3) is 6.43 Å².